The van der Waals surface area contributed by atoms with E-state index in [2.05, 4.69) is 15.6 Å². The number of amides is 5. The largest absolute Gasteiger partial charge is 0.483 e. The highest BCUT2D eigenvalue weighted by molar-refractivity contribution is 5.99. The standard InChI is InChI=1S/C37H52N6O7/c1-5-7-20-49-37(48)42-18-16-41(17-19-42)36(47)33(25(4)6-2)40-34(45)29-22-31(27-14-13-24(3)21-28(27)39-29)50-23-32(44)43-15-9-12-30(43)35(46)38-26-10-8-11-26/h13-14,21-22,25-26,30,33H,5-12,15-20,23H2,1-4H3,(H,38,46)(H,40,45)/t25-,30+,33+/m1/s1. The average molecular weight is 693 g/mol. The number of carbonyl (C=O) groups excluding carboxylic acids is 5. The Hall–Kier alpha value is -4.42. The summed E-state index contributed by atoms with van der Waals surface area (Å²) in [7, 11) is 0. The van der Waals surface area contributed by atoms with Crippen molar-refractivity contribution in [3.63, 3.8) is 0 Å². The van der Waals surface area contributed by atoms with Gasteiger partial charge in [0.05, 0.1) is 12.1 Å². The first-order chi connectivity index (χ1) is 24.1. The van der Waals surface area contributed by atoms with E-state index in [0.29, 0.717) is 68.8 Å². The molecule has 50 heavy (non-hydrogen) atoms. The van der Waals surface area contributed by atoms with E-state index < -0.39 is 18.0 Å². The molecule has 13 heteroatoms. The first-order valence-corrected chi connectivity index (χ1v) is 18.2. The fourth-order valence-electron chi connectivity index (χ4n) is 6.55. The van der Waals surface area contributed by atoms with Crippen LogP contribution in [0.5, 0.6) is 5.75 Å². The Balaban J connectivity index is 1.27. The van der Waals surface area contributed by atoms with Crippen molar-refractivity contribution < 1.29 is 33.4 Å². The summed E-state index contributed by atoms with van der Waals surface area (Å²) < 4.78 is 11.4. The fourth-order valence-corrected chi connectivity index (χ4v) is 6.55. The molecule has 0 spiro atoms. The Bertz CT molecular complexity index is 1550. The lowest BCUT2D eigenvalue weighted by Gasteiger charge is -2.37. The molecule has 3 aliphatic rings. The minimum Gasteiger partial charge on any atom is -0.483 e. The second-order valence-electron chi connectivity index (χ2n) is 13.8. The number of nitrogens with one attached hydrogen (secondary N) is 2. The van der Waals surface area contributed by atoms with E-state index >= 15 is 0 Å². The summed E-state index contributed by atoms with van der Waals surface area (Å²) >= 11 is 0. The van der Waals surface area contributed by atoms with Crippen LogP contribution in [0.2, 0.25) is 0 Å². The van der Waals surface area contributed by atoms with E-state index in [1.54, 1.807) is 14.7 Å². The average Bonchev–Trinajstić information content (AvgIpc) is 3.60. The first-order valence-electron chi connectivity index (χ1n) is 18.2. The van der Waals surface area contributed by atoms with Crippen molar-refractivity contribution in [1.82, 2.24) is 30.3 Å². The van der Waals surface area contributed by atoms with E-state index in [0.717, 1.165) is 44.1 Å². The van der Waals surface area contributed by atoms with Crippen molar-refractivity contribution in [2.75, 3.05) is 45.9 Å². The van der Waals surface area contributed by atoms with Crippen molar-refractivity contribution in [3.8, 4) is 5.75 Å². The lowest BCUT2D eigenvalue weighted by molar-refractivity contribution is -0.140. The van der Waals surface area contributed by atoms with Crippen molar-refractivity contribution in [1.29, 1.82) is 0 Å². The molecule has 3 heterocycles. The number of pyridine rings is 1. The van der Waals surface area contributed by atoms with Crippen LogP contribution in [0.3, 0.4) is 0 Å². The number of fused-ring (bicyclic) bond motifs is 1. The second-order valence-corrected chi connectivity index (χ2v) is 13.8. The molecule has 1 aromatic carbocycles. The topological polar surface area (TPSA) is 150 Å². The molecule has 2 saturated heterocycles. The van der Waals surface area contributed by atoms with Crippen LogP contribution in [0, 0.1) is 12.8 Å². The third-order valence-electron chi connectivity index (χ3n) is 10.2. The lowest BCUT2D eigenvalue weighted by Crippen LogP contribution is -2.57. The molecule has 3 atom stereocenters. The number of nitrogens with zero attached hydrogens (tertiary/aromatic N) is 4. The maximum atomic E-state index is 13.8. The van der Waals surface area contributed by atoms with Crippen LogP contribution >= 0.6 is 0 Å². The van der Waals surface area contributed by atoms with Gasteiger partial charge in [-0.15, -0.1) is 0 Å². The van der Waals surface area contributed by atoms with Crippen LogP contribution in [0.25, 0.3) is 10.9 Å². The van der Waals surface area contributed by atoms with Gasteiger partial charge in [0.2, 0.25) is 11.8 Å². The van der Waals surface area contributed by atoms with Crippen LogP contribution in [-0.2, 0) is 19.1 Å². The van der Waals surface area contributed by atoms with Crippen LogP contribution in [-0.4, -0.2) is 113 Å². The molecule has 5 amide bonds. The van der Waals surface area contributed by atoms with E-state index in [1.807, 2.05) is 45.9 Å². The van der Waals surface area contributed by atoms with Crippen LogP contribution in [0.4, 0.5) is 4.79 Å². The number of hydrogen-bond acceptors (Lipinski definition) is 8. The van der Waals surface area contributed by atoms with Gasteiger partial charge in [0.1, 0.15) is 23.5 Å². The summed E-state index contributed by atoms with van der Waals surface area (Å²) in [6.07, 6.45) is 6.42. The monoisotopic (exact) mass is 692 g/mol. The van der Waals surface area contributed by atoms with Gasteiger partial charge in [0.15, 0.2) is 6.61 Å². The number of piperazine rings is 1. The molecule has 2 N–H and O–H groups in total. The molecule has 272 valence electrons. The summed E-state index contributed by atoms with van der Waals surface area (Å²) in [6, 6.07) is 5.96. The first kappa shape index (κ1) is 36.9. The predicted octanol–water partition coefficient (Wildman–Crippen LogP) is 3.81. The highest BCUT2D eigenvalue weighted by atomic mass is 16.6. The Morgan fingerprint density at radius 1 is 0.960 bits per heavy atom. The smallest absolute Gasteiger partial charge is 0.409 e. The lowest BCUT2D eigenvalue weighted by atomic mass is 9.93. The van der Waals surface area contributed by atoms with Crippen molar-refractivity contribution in [2.24, 2.45) is 5.92 Å². The number of ether oxygens (including phenoxy) is 2. The molecular formula is C37H52N6O7. The summed E-state index contributed by atoms with van der Waals surface area (Å²) in [4.78, 5) is 75.8. The molecule has 2 aromatic rings. The Morgan fingerprint density at radius 2 is 1.70 bits per heavy atom. The van der Waals surface area contributed by atoms with E-state index in [-0.39, 0.29) is 48.1 Å². The van der Waals surface area contributed by atoms with Gasteiger partial charge in [0, 0.05) is 50.2 Å². The zero-order valence-electron chi connectivity index (χ0n) is 29.9. The number of benzene rings is 1. The zero-order valence-corrected chi connectivity index (χ0v) is 29.9. The number of carbonyl (C=O) groups is 5. The summed E-state index contributed by atoms with van der Waals surface area (Å²) in [5.41, 5.74) is 1.51. The van der Waals surface area contributed by atoms with Gasteiger partial charge in [0.25, 0.3) is 11.8 Å². The molecule has 3 fully saturated rings. The van der Waals surface area contributed by atoms with E-state index in [1.165, 1.54) is 6.07 Å². The molecule has 2 aliphatic heterocycles. The SMILES string of the molecule is CCCCOC(=O)N1CCN(C(=O)[C@@H](NC(=O)c2cc(OCC(=O)N3CCC[C@H]3C(=O)NC3CCC3)c3ccc(C)cc3n2)[C@H](C)CC)CC1. The maximum Gasteiger partial charge on any atom is 0.409 e. The number of rotatable bonds is 13. The minimum atomic E-state index is -0.810. The molecule has 5 rings (SSSR count). The van der Waals surface area contributed by atoms with Gasteiger partial charge in [-0.25, -0.2) is 9.78 Å². The molecule has 1 saturated carbocycles. The van der Waals surface area contributed by atoms with Gasteiger partial charge >= 0.3 is 6.09 Å². The fraction of sp³-hybridized carbons (Fsp3) is 0.622. The molecule has 0 bridgehead atoms. The van der Waals surface area contributed by atoms with Crippen LogP contribution in [0.1, 0.15) is 88.2 Å². The van der Waals surface area contributed by atoms with Gasteiger partial charge in [-0.05, 0) is 69.1 Å². The number of aromatic nitrogens is 1. The summed E-state index contributed by atoms with van der Waals surface area (Å²) in [5, 5.41) is 6.64. The Labute approximate surface area is 294 Å². The van der Waals surface area contributed by atoms with Crippen molar-refractivity contribution in [2.45, 2.75) is 97.2 Å². The molecule has 0 radical (unpaired) electrons. The molecule has 1 aromatic heterocycles. The second kappa shape index (κ2) is 17.0. The highest BCUT2D eigenvalue weighted by Gasteiger charge is 2.36. The molecule has 13 nitrogen and oxygen atoms in total. The highest BCUT2D eigenvalue weighted by Crippen LogP contribution is 2.28. The number of likely N-dealkylation sites (tertiary alicyclic amines) is 1. The summed E-state index contributed by atoms with van der Waals surface area (Å²) in [6.45, 7) is 9.77. The third kappa shape index (κ3) is 8.83. The van der Waals surface area contributed by atoms with E-state index in [9.17, 15) is 24.0 Å². The number of aryl methyl sites for hydroxylation is 1. The molecular weight excluding hydrogens is 640 g/mol. The van der Waals surface area contributed by atoms with Crippen molar-refractivity contribution in [3.05, 3.63) is 35.5 Å². The summed E-state index contributed by atoms with van der Waals surface area (Å²) in [5.74, 6) is -1.01. The van der Waals surface area contributed by atoms with Gasteiger partial charge in [-0.3, -0.25) is 19.2 Å². The Morgan fingerprint density at radius 3 is 2.38 bits per heavy atom. The Kier molecular flexibility index (Phi) is 12.5. The molecule has 0 unspecified atom stereocenters. The normalized spacial score (nSPS) is 19.0. The van der Waals surface area contributed by atoms with Crippen LogP contribution < -0.4 is 15.4 Å². The van der Waals surface area contributed by atoms with Gasteiger partial charge in [-0.1, -0.05) is 39.7 Å². The van der Waals surface area contributed by atoms with Gasteiger partial charge in [-0.2, -0.15) is 0 Å². The third-order valence-corrected chi connectivity index (χ3v) is 10.2. The van der Waals surface area contributed by atoms with Crippen molar-refractivity contribution >= 4 is 40.6 Å². The van der Waals surface area contributed by atoms with E-state index in [4.69, 9.17) is 9.47 Å². The number of unbranched alkanes of at least 4 members (excludes halogenated alkanes) is 1. The van der Waals surface area contributed by atoms with Gasteiger partial charge < -0.3 is 34.8 Å². The maximum absolute atomic E-state index is 13.8. The quantitative estimate of drug-likeness (QED) is 0.301. The zero-order chi connectivity index (χ0) is 35.8. The van der Waals surface area contributed by atoms with Crippen LogP contribution in [0.15, 0.2) is 24.3 Å². The molecule has 1 aliphatic carbocycles. The number of hydrogen-bond donors (Lipinski definition) is 2. The predicted molar refractivity (Wildman–Crippen MR) is 188 cm³/mol. The minimum absolute atomic E-state index is 0.0604.